The maximum absolute atomic E-state index is 12.5. The van der Waals surface area contributed by atoms with Gasteiger partial charge in [0.15, 0.2) is 0 Å². The highest BCUT2D eigenvalue weighted by Crippen LogP contribution is 2.20. The molecule has 7 nitrogen and oxygen atoms in total. The van der Waals surface area contributed by atoms with Gasteiger partial charge >= 0.3 is 0 Å². The average molecular weight is 349 g/mol. The quantitative estimate of drug-likeness (QED) is 0.768. The zero-order valence-corrected chi connectivity index (χ0v) is 14.1. The summed E-state index contributed by atoms with van der Waals surface area (Å²) in [6.07, 6.45) is 1.53. The van der Waals surface area contributed by atoms with E-state index in [9.17, 15) is 18.0 Å². The fourth-order valence-electron chi connectivity index (χ4n) is 2.94. The lowest BCUT2D eigenvalue weighted by Gasteiger charge is -2.44. The standard InChI is InChI=1S/C16H19N3O4S/c1-17-12-15(20)19-9-8-18(11-14(19)16(17)21)24(22,23)10-7-13-5-3-2-4-6-13/h2-7,10,14H,8-9,11-12H2,1H3/b10-7+. The topological polar surface area (TPSA) is 78.0 Å². The molecule has 0 N–H and O–H groups in total. The molecule has 0 bridgehead atoms. The molecule has 1 atom stereocenters. The van der Waals surface area contributed by atoms with Crippen molar-refractivity contribution in [2.75, 3.05) is 33.2 Å². The van der Waals surface area contributed by atoms with E-state index >= 15 is 0 Å². The molecular formula is C16H19N3O4S. The van der Waals surface area contributed by atoms with Crippen LogP contribution in [0.15, 0.2) is 35.7 Å². The summed E-state index contributed by atoms with van der Waals surface area (Å²) in [5.41, 5.74) is 0.781. The smallest absolute Gasteiger partial charge is 0.246 e. The summed E-state index contributed by atoms with van der Waals surface area (Å²) in [6.45, 7) is 0.481. The molecule has 8 heteroatoms. The molecule has 3 rings (SSSR count). The minimum atomic E-state index is -3.65. The zero-order valence-electron chi connectivity index (χ0n) is 13.3. The van der Waals surface area contributed by atoms with Gasteiger partial charge in [0.25, 0.3) is 0 Å². The van der Waals surface area contributed by atoms with Crippen LogP contribution < -0.4 is 0 Å². The SMILES string of the molecule is CN1CC(=O)N2CCN(S(=O)(=O)/C=C/c3ccccc3)CC2C1=O. The van der Waals surface area contributed by atoms with Crippen LogP contribution >= 0.6 is 0 Å². The van der Waals surface area contributed by atoms with E-state index in [0.717, 1.165) is 11.0 Å². The molecule has 2 fully saturated rings. The van der Waals surface area contributed by atoms with Gasteiger partial charge in [-0.05, 0) is 11.6 Å². The summed E-state index contributed by atoms with van der Waals surface area (Å²) in [5, 5.41) is 1.15. The second kappa shape index (κ2) is 6.37. The van der Waals surface area contributed by atoms with E-state index in [1.165, 1.54) is 20.2 Å². The van der Waals surface area contributed by atoms with E-state index in [0.29, 0.717) is 0 Å². The number of carbonyl (C=O) groups excluding carboxylic acids is 2. The van der Waals surface area contributed by atoms with Crippen molar-refractivity contribution in [3.63, 3.8) is 0 Å². The van der Waals surface area contributed by atoms with Crippen molar-refractivity contribution in [2.24, 2.45) is 0 Å². The molecule has 1 aromatic carbocycles. The van der Waals surface area contributed by atoms with Crippen LogP contribution in [0.1, 0.15) is 5.56 Å². The Kier molecular flexibility index (Phi) is 4.42. The van der Waals surface area contributed by atoms with Crippen LogP contribution in [-0.2, 0) is 19.6 Å². The summed E-state index contributed by atoms with van der Waals surface area (Å²) in [7, 11) is -2.09. The Bertz CT molecular complexity index is 776. The fraction of sp³-hybridized carbons (Fsp3) is 0.375. The van der Waals surface area contributed by atoms with Crippen LogP contribution in [0.3, 0.4) is 0 Å². The molecule has 0 radical (unpaired) electrons. The van der Waals surface area contributed by atoms with Crippen LogP contribution in [-0.4, -0.2) is 73.6 Å². The first kappa shape index (κ1) is 16.7. The molecule has 0 aliphatic carbocycles. The lowest BCUT2D eigenvalue weighted by atomic mass is 10.1. The third kappa shape index (κ3) is 3.20. The van der Waals surface area contributed by atoms with Gasteiger partial charge in [0.2, 0.25) is 21.8 Å². The molecule has 0 aromatic heterocycles. The van der Waals surface area contributed by atoms with E-state index in [-0.39, 0.29) is 38.0 Å². The number of carbonyl (C=O) groups is 2. The number of nitrogens with zero attached hydrogens (tertiary/aromatic N) is 3. The third-order valence-corrected chi connectivity index (χ3v) is 5.82. The minimum Gasteiger partial charge on any atom is -0.335 e. The van der Waals surface area contributed by atoms with E-state index in [1.807, 2.05) is 30.3 Å². The first-order chi connectivity index (χ1) is 11.4. The van der Waals surface area contributed by atoms with E-state index in [2.05, 4.69) is 0 Å². The van der Waals surface area contributed by atoms with Crippen molar-refractivity contribution in [1.82, 2.24) is 14.1 Å². The summed E-state index contributed by atoms with van der Waals surface area (Å²) in [6, 6.07) is 8.39. The molecule has 2 aliphatic rings. The Balaban J connectivity index is 1.77. The highest BCUT2D eigenvalue weighted by atomic mass is 32.2. The van der Waals surface area contributed by atoms with Gasteiger partial charge in [-0.1, -0.05) is 30.3 Å². The first-order valence-electron chi connectivity index (χ1n) is 7.66. The predicted octanol–water partition coefficient (Wildman–Crippen LogP) is -0.0281. The van der Waals surface area contributed by atoms with Gasteiger partial charge in [0.1, 0.15) is 6.04 Å². The highest BCUT2D eigenvalue weighted by molar-refractivity contribution is 7.92. The number of piperazine rings is 2. The second-order valence-electron chi connectivity index (χ2n) is 5.91. The van der Waals surface area contributed by atoms with Crippen molar-refractivity contribution in [2.45, 2.75) is 6.04 Å². The van der Waals surface area contributed by atoms with Crippen molar-refractivity contribution in [1.29, 1.82) is 0 Å². The second-order valence-corrected chi connectivity index (χ2v) is 7.73. The third-order valence-electron chi connectivity index (χ3n) is 4.29. The number of rotatable bonds is 3. The Morgan fingerprint density at radius 2 is 1.83 bits per heavy atom. The summed E-state index contributed by atoms with van der Waals surface area (Å²) < 4.78 is 26.3. The largest absolute Gasteiger partial charge is 0.335 e. The molecule has 2 aliphatic heterocycles. The molecular weight excluding hydrogens is 330 g/mol. The highest BCUT2D eigenvalue weighted by Gasteiger charge is 2.43. The van der Waals surface area contributed by atoms with E-state index in [1.54, 1.807) is 7.05 Å². The van der Waals surface area contributed by atoms with Crippen molar-refractivity contribution in [3.8, 4) is 0 Å². The van der Waals surface area contributed by atoms with E-state index in [4.69, 9.17) is 0 Å². The van der Waals surface area contributed by atoms with Crippen LogP contribution in [0.5, 0.6) is 0 Å². The number of hydrogen-bond donors (Lipinski definition) is 0. The Labute approximate surface area is 141 Å². The molecule has 1 aromatic rings. The Morgan fingerprint density at radius 3 is 2.54 bits per heavy atom. The van der Waals surface area contributed by atoms with Gasteiger partial charge in [-0.15, -0.1) is 0 Å². The van der Waals surface area contributed by atoms with Crippen molar-refractivity contribution < 1.29 is 18.0 Å². The first-order valence-corrected chi connectivity index (χ1v) is 9.16. The number of sulfonamides is 1. The van der Waals surface area contributed by atoms with Gasteiger partial charge < -0.3 is 9.80 Å². The molecule has 2 amide bonds. The van der Waals surface area contributed by atoms with Gasteiger partial charge in [-0.2, -0.15) is 4.31 Å². The molecule has 24 heavy (non-hydrogen) atoms. The molecule has 0 spiro atoms. The number of hydrogen-bond acceptors (Lipinski definition) is 4. The van der Waals surface area contributed by atoms with Crippen LogP contribution in [0.4, 0.5) is 0 Å². The summed E-state index contributed by atoms with van der Waals surface area (Å²) in [5.74, 6) is -0.361. The number of benzene rings is 1. The summed E-state index contributed by atoms with van der Waals surface area (Å²) >= 11 is 0. The molecule has 0 saturated carbocycles. The number of likely N-dealkylation sites (N-methyl/N-ethyl adjacent to an activating group) is 1. The van der Waals surface area contributed by atoms with E-state index < -0.39 is 16.1 Å². The van der Waals surface area contributed by atoms with Gasteiger partial charge in [0.05, 0.1) is 6.54 Å². The lowest BCUT2D eigenvalue weighted by Crippen LogP contribution is -2.66. The average Bonchev–Trinajstić information content (AvgIpc) is 2.58. The van der Waals surface area contributed by atoms with Crippen LogP contribution in [0.2, 0.25) is 0 Å². The Hall–Kier alpha value is -2.19. The number of amides is 2. The maximum atomic E-state index is 12.5. The predicted molar refractivity (Wildman–Crippen MR) is 89.1 cm³/mol. The maximum Gasteiger partial charge on any atom is 0.246 e. The van der Waals surface area contributed by atoms with Crippen LogP contribution in [0, 0.1) is 0 Å². The normalized spacial score (nSPS) is 23.0. The molecule has 2 saturated heterocycles. The fourth-order valence-corrected chi connectivity index (χ4v) is 4.13. The Morgan fingerprint density at radius 1 is 1.12 bits per heavy atom. The molecule has 1 unspecified atom stereocenters. The van der Waals surface area contributed by atoms with Gasteiger partial charge in [-0.25, -0.2) is 8.42 Å². The molecule has 2 heterocycles. The van der Waals surface area contributed by atoms with Crippen molar-refractivity contribution in [3.05, 3.63) is 41.3 Å². The van der Waals surface area contributed by atoms with Crippen molar-refractivity contribution >= 4 is 27.9 Å². The lowest BCUT2D eigenvalue weighted by molar-refractivity contribution is -0.156. The van der Waals surface area contributed by atoms with Gasteiger partial charge in [0, 0.05) is 32.1 Å². The number of fused-ring (bicyclic) bond motifs is 1. The zero-order chi connectivity index (χ0) is 17.3. The van der Waals surface area contributed by atoms with Crippen LogP contribution in [0.25, 0.3) is 6.08 Å². The summed E-state index contributed by atoms with van der Waals surface area (Å²) in [4.78, 5) is 27.1. The van der Waals surface area contributed by atoms with Gasteiger partial charge in [-0.3, -0.25) is 9.59 Å². The molecule has 128 valence electrons. The monoisotopic (exact) mass is 349 g/mol. The minimum absolute atomic E-state index is 0.00359.